The lowest BCUT2D eigenvalue weighted by Crippen LogP contribution is -2.18. The van der Waals surface area contributed by atoms with E-state index in [1.165, 1.54) is 49.6 Å². The molecule has 0 aliphatic carbocycles. The zero-order chi connectivity index (χ0) is 87.9. The first-order valence-corrected chi connectivity index (χ1v) is 48.5. The van der Waals surface area contributed by atoms with E-state index in [-0.39, 0.29) is 101 Å². The molecule has 0 saturated carbocycles. The van der Waals surface area contributed by atoms with Gasteiger partial charge in [-0.05, 0) is 135 Å². The van der Waals surface area contributed by atoms with E-state index in [4.69, 9.17) is 95.0 Å². The van der Waals surface area contributed by atoms with Gasteiger partial charge in [0.05, 0.1) is 119 Å². The Morgan fingerprint density at radius 1 is 0.211 bits per heavy atom. The van der Waals surface area contributed by atoms with E-state index in [0.717, 1.165) is 64.2 Å². The van der Waals surface area contributed by atoms with Crippen molar-refractivity contribution in [3.63, 3.8) is 0 Å². The molecule has 109 heavy (non-hydrogen) atoms. The smallest absolute Gasteiger partial charge is 0.382 e. The number of hydrogen-bond donors (Lipinski definition) is 14. The SMILES string of the molecule is CCC(C)OP(=O)(O)O.CCCC(C)OP(=O)(O)O.CCCC(C)OP(=O)(O)O.CCCC(C)OP(=O)(O)OC(C)CCC.CCCC(C)OP(=O)(O)OC(C)CCC.COC(C)COP(=O)(O)O.COC(C)COP(=O)(O)OCC(C)OC.COCC(C)OP(=O)(O)O.COCC(C)OP(=O)(O)OC(C)COC. The van der Waals surface area contributed by atoms with Crippen LogP contribution in [-0.4, -0.2) is 230 Å². The number of rotatable bonds is 51. The molecule has 14 N–H and O–H groups in total. The lowest BCUT2D eigenvalue weighted by Gasteiger charge is -2.20. The largest absolute Gasteiger partial charge is 0.472 e. The average Bonchev–Trinajstić information content (AvgIpc) is 0.909. The van der Waals surface area contributed by atoms with Crippen molar-refractivity contribution in [3.8, 4) is 0 Å². The van der Waals surface area contributed by atoms with E-state index in [2.05, 4.69) is 41.1 Å². The Hall–Kier alpha value is 0.750. The molecule has 0 aromatic rings. The minimum atomic E-state index is -4.33. The number of phosphoric acid groups is 9. The number of phosphoric ester groups is 9. The van der Waals surface area contributed by atoms with Gasteiger partial charge in [-0.1, -0.05) is 87.0 Å². The molecule has 0 radical (unpaired) electrons. The number of hydrogen-bond acceptors (Lipinski definition) is 28. The van der Waals surface area contributed by atoms with Crippen LogP contribution in [0.1, 0.15) is 222 Å². The molecule has 0 heterocycles. The van der Waals surface area contributed by atoms with E-state index >= 15 is 0 Å². The van der Waals surface area contributed by atoms with Crippen LogP contribution in [0.25, 0.3) is 0 Å². The molecular weight excluding hydrogens is 1650 g/mol. The summed E-state index contributed by atoms with van der Waals surface area (Å²) in [6.45, 7) is 36.1. The van der Waals surface area contributed by atoms with Crippen LogP contribution in [-0.2, 0) is 128 Å². The molecule has 0 rings (SSSR count). The highest BCUT2D eigenvalue weighted by molar-refractivity contribution is 7.49. The van der Waals surface area contributed by atoms with Gasteiger partial charge in [0.1, 0.15) is 0 Å². The Morgan fingerprint density at radius 2 is 0.385 bits per heavy atom. The van der Waals surface area contributed by atoms with Crippen molar-refractivity contribution in [1.82, 2.24) is 0 Å². The zero-order valence-corrected chi connectivity index (χ0v) is 76.7. The van der Waals surface area contributed by atoms with Crippen LogP contribution in [0.15, 0.2) is 0 Å². The minimum Gasteiger partial charge on any atom is -0.382 e. The highest BCUT2D eigenvalue weighted by Gasteiger charge is 2.30. The molecule has 0 aromatic carbocycles. The van der Waals surface area contributed by atoms with E-state index < -0.39 is 88.7 Å². The highest BCUT2D eigenvalue weighted by atomic mass is 31.2. The fourth-order valence-corrected chi connectivity index (χ4v) is 13.8. The van der Waals surface area contributed by atoms with E-state index in [1.54, 1.807) is 90.0 Å². The van der Waals surface area contributed by atoms with Gasteiger partial charge in [-0.15, -0.1) is 0 Å². The van der Waals surface area contributed by atoms with Gasteiger partial charge in [0.2, 0.25) is 0 Å². The Balaban J connectivity index is -0.000000148. The van der Waals surface area contributed by atoms with E-state index in [1.807, 2.05) is 41.5 Å². The summed E-state index contributed by atoms with van der Waals surface area (Å²) in [5.41, 5.74) is 0. The Morgan fingerprint density at radius 3 is 0.550 bits per heavy atom. The summed E-state index contributed by atoms with van der Waals surface area (Å²) in [7, 11) is -28.3. The van der Waals surface area contributed by atoms with Crippen LogP contribution in [0.3, 0.4) is 0 Å². The van der Waals surface area contributed by atoms with Crippen LogP contribution in [0.4, 0.5) is 0 Å². The predicted octanol–water partition coefficient (Wildman–Crippen LogP) is 13.1. The maximum absolute atomic E-state index is 11.5. The summed E-state index contributed by atoms with van der Waals surface area (Å²) < 4.78 is 185. The summed E-state index contributed by atoms with van der Waals surface area (Å²) in [6.07, 6.45) is 5.99. The van der Waals surface area contributed by atoms with Crippen molar-refractivity contribution in [3.05, 3.63) is 0 Å². The number of methoxy groups -OCH3 is 6. The van der Waals surface area contributed by atoms with Gasteiger partial charge in [0.15, 0.2) is 0 Å². The molecule has 0 amide bonds. The summed E-state index contributed by atoms with van der Waals surface area (Å²) in [5, 5.41) is 0. The predicted molar refractivity (Wildman–Crippen MR) is 408 cm³/mol. The van der Waals surface area contributed by atoms with E-state index in [0.29, 0.717) is 19.3 Å². The standard InChI is InChI=1S/2C10H23O4P.2C8H19O6P.2C5H13O4P.2C4H11O5P.C4H11O4P/c2*1-5-7-9(3)13-15(11,12)14-10(4)8-6-2;1-7(11-3)5-13-15(9,10)14-6-8(2)12-4;1-7(5-11-3)13-15(9,10)14-8(2)6-12-4;2*1-3-4-5(2)9-10(6,7)8;1-4(8-2)3-9-10(5,6)7;1-4(3-8-2)9-10(5,6)7;1-3-4(2)8-9(5,6)7/h2*9-10H,5-8H2,1-4H3,(H,11,12);2*7-8H,5-6H2,1-4H3,(H,9,10);2*5H,3-4H2,1-2H3,(H2,6,7,8);2*4H,3H2,1-2H3,(H2,5,6,7);4H,3H2,1-2H3,(H2,5,6,7). The van der Waals surface area contributed by atoms with Crippen molar-refractivity contribution in [1.29, 1.82) is 0 Å². The van der Waals surface area contributed by atoms with Crippen molar-refractivity contribution in [2.75, 3.05) is 82.3 Å². The second-order valence-electron chi connectivity index (χ2n) is 24.0. The van der Waals surface area contributed by atoms with Gasteiger partial charge in [0, 0.05) is 42.7 Å². The summed E-state index contributed by atoms with van der Waals surface area (Å²) in [5.74, 6) is 0. The van der Waals surface area contributed by atoms with Gasteiger partial charge < -0.3 is 96.9 Å². The first-order valence-electron chi connectivity index (χ1n) is 34.8. The molecule has 0 bridgehead atoms. The zero-order valence-electron chi connectivity index (χ0n) is 68.7. The Bertz CT molecular complexity index is 2270. The lowest BCUT2D eigenvalue weighted by molar-refractivity contribution is 0.0244. The normalized spacial score (nSPS) is 17.6. The molecular formula is C58H143O42P9. The third-order valence-corrected chi connectivity index (χ3v) is 19.5. The maximum Gasteiger partial charge on any atom is 0.472 e. The van der Waals surface area contributed by atoms with Crippen molar-refractivity contribution >= 4 is 70.4 Å². The molecule has 672 valence electrons. The molecule has 13 unspecified atom stereocenters. The van der Waals surface area contributed by atoms with Gasteiger partial charge >= 0.3 is 70.4 Å². The third kappa shape index (κ3) is 115. The summed E-state index contributed by atoms with van der Waals surface area (Å²) in [6, 6.07) is 0. The summed E-state index contributed by atoms with van der Waals surface area (Å²) in [4.78, 5) is 120. The lowest BCUT2D eigenvalue weighted by atomic mass is 10.2. The van der Waals surface area contributed by atoms with E-state index in [9.17, 15) is 60.7 Å². The van der Waals surface area contributed by atoms with Gasteiger partial charge in [0.25, 0.3) is 0 Å². The quantitative estimate of drug-likeness (QED) is 0.0252. The molecule has 51 heteroatoms. The Kier molecular flexibility index (Phi) is 85.3. The molecule has 0 aromatic heterocycles. The topological polar surface area (TPSA) is 612 Å². The monoisotopic (exact) mass is 1790 g/mol. The molecule has 0 fully saturated rings. The third-order valence-electron chi connectivity index (χ3n) is 11.7. The van der Waals surface area contributed by atoms with Crippen molar-refractivity contribution in [2.24, 2.45) is 0 Å². The molecule has 42 nitrogen and oxygen atoms in total. The van der Waals surface area contributed by atoms with Crippen LogP contribution >= 0.6 is 70.4 Å². The van der Waals surface area contributed by atoms with Crippen LogP contribution < -0.4 is 0 Å². The van der Waals surface area contributed by atoms with Crippen molar-refractivity contribution < 1.29 is 197 Å². The van der Waals surface area contributed by atoms with Gasteiger partial charge in [-0.2, -0.15) is 0 Å². The fraction of sp³-hybridized carbons (Fsp3) is 1.00. The van der Waals surface area contributed by atoms with Gasteiger partial charge in [-0.3, -0.25) is 58.8 Å². The Labute approximate surface area is 648 Å². The van der Waals surface area contributed by atoms with Crippen molar-refractivity contribution in [2.45, 2.75) is 301 Å². The molecule has 0 aliphatic rings. The molecule has 0 aliphatic heterocycles. The minimum absolute atomic E-state index is 0.00560. The molecule has 0 saturated heterocycles. The van der Waals surface area contributed by atoms with Crippen LogP contribution in [0, 0.1) is 0 Å². The average molecular weight is 1790 g/mol. The maximum atomic E-state index is 11.5. The first kappa shape index (κ1) is 128. The highest BCUT2D eigenvalue weighted by Crippen LogP contribution is 2.49. The molecule has 0 spiro atoms. The van der Waals surface area contributed by atoms with Crippen LogP contribution in [0.2, 0.25) is 0 Å². The molecule has 13 atom stereocenters. The number of ether oxygens (including phenoxy) is 6. The fourth-order valence-electron chi connectivity index (χ4n) is 6.84. The van der Waals surface area contributed by atoms with Crippen LogP contribution in [0.5, 0.6) is 0 Å². The second-order valence-corrected chi connectivity index (χ2v) is 35.6. The van der Waals surface area contributed by atoms with Gasteiger partial charge in [-0.25, -0.2) is 41.1 Å². The summed E-state index contributed by atoms with van der Waals surface area (Å²) >= 11 is 0. The second kappa shape index (κ2) is 72.7. The first-order chi connectivity index (χ1) is 49.4.